The second-order valence-electron chi connectivity index (χ2n) is 5.58. The molecule has 1 unspecified atom stereocenters. The van der Waals surface area contributed by atoms with Crippen LogP contribution >= 0.6 is 23.2 Å². The molecule has 148 valence electrons. The largest absolute Gasteiger partial charge is 0.482 e. The molecule has 1 atom stereocenters. The molecule has 2 rings (SSSR count). The molecule has 9 heteroatoms. The molecule has 0 saturated carbocycles. The molecule has 0 aliphatic carbocycles. The van der Waals surface area contributed by atoms with Gasteiger partial charge >= 0.3 is 5.97 Å². The van der Waals surface area contributed by atoms with Gasteiger partial charge in [-0.25, -0.2) is 10.2 Å². The zero-order valence-corrected chi connectivity index (χ0v) is 16.4. The highest BCUT2D eigenvalue weighted by molar-refractivity contribution is 6.35. The molecule has 28 heavy (non-hydrogen) atoms. The highest BCUT2D eigenvalue weighted by Gasteiger charge is 2.19. The van der Waals surface area contributed by atoms with Crippen LogP contribution in [0.3, 0.4) is 0 Å². The molecular formula is C19H18Cl2N2O5. The van der Waals surface area contributed by atoms with Crippen LogP contribution in [0.25, 0.3) is 0 Å². The number of carbonyl (C=O) groups excluding carboxylic acids is 1. The molecule has 0 radical (unpaired) electrons. The van der Waals surface area contributed by atoms with E-state index in [1.165, 1.54) is 12.3 Å². The molecule has 2 aromatic carbocycles. The predicted molar refractivity (Wildman–Crippen MR) is 106 cm³/mol. The van der Waals surface area contributed by atoms with Gasteiger partial charge in [-0.2, -0.15) is 5.10 Å². The summed E-state index contributed by atoms with van der Waals surface area (Å²) < 4.78 is 10.7. The van der Waals surface area contributed by atoms with Gasteiger partial charge in [0, 0.05) is 5.02 Å². The summed E-state index contributed by atoms with van der Waals surface area (Å²) in [6.45, 7) is 1.38. The topological polar surface area (TPSA) is 97.2 Å². The summed E-state index contributed by atoms with van der Waals surface area (Å²) in [5, 5.41) is 13.3. The van der Waals surface area contributed by atoms with Crippen molar-refractivity contribution in [2.45, 2.75) is 19.4 Å². The molecular weight excluding hydrogens is 407 g/mol. The Hall–Kier alpha value is -2.77. The van der Waals surface area contributed by atoms with Crippen LogP contribution in [-0.4, -0.2) is 35.9 Å². The first-order valence-electron chi connectivity index (χ1n) is 8.28. The molecule has 0 fully saturated rings. The fourth-order valence-electron chi connectivity index (χ4n) is 2.08. The van der Waals surface area contributed by atoms with Gasteiger partial charge in [-0.05, 0) is 54.4 Å². The van der Waals surface area contributed by atoms with Crippen LogP contribution in [0.5, 0.6) is 11.5 Å². The molecule has 7 nitrogen and oxygen atoms in total. The van der Waals surface area contributed by atoms with E-state index in [9.17, 15) is 9.59 Å². The summed E-state index contributed by atoms with van der Waals surface area (Å²) in [6, 6.07) is 11.3. The van der Waals surface area contributed by atoms with E-state index in [4.69, 9.17) is 37.8 Å². The average Bonchev–Trinajstić information content (AvgIpc) is 2.66. The van der Waals surface area contributed by atoms with Crippen molar-refractivity contribution in [3.63, 3.8) is 0 Å². The fourth-order valence-corrected chi connectivity index (χ4v) is 2.54. The third-order valence-electron chi connectivity index (χ3n) is 3.46. The van der Waals surface area contributed by atoms with Crippen LogP contribution in [0.4, 0.5) is 0 Å². The number of ether oxygens (including phenoxy) is 2. The van der Waals surface area contributed by atoms with E-state index in [1.807, 2.05) is 0 Å². The maximum absolute atomic E-state index is 12.3. The van der Waals surface area contributed by atoms with Gasteiger partial charge in [-0.15, -0.1) is 0 Å². The first-order chi connectivity index (χ1) is 13.4. The van der Waals surface area contributed by atoms with Crippen molar-refractivity contribution in [1.29, 1.82) is 0 Å². The summed E-state index contributed by atoms with van der Waals surface area (Å²) in [6.07, 6.45) is 1.08. The summed E-state index contributed by atoms with van der Waals surface area (Å²) in [4.78, 5) is 22.7. The number of halogens is 2. The number of aliphatic carboxylic acids is 1. The van der Waals surface area contributed by atoms with Crippen molar-refractivity contribution in [1.82, 2.24) is 5.43 Å². The lowest BCUT2D eigenvalue weighted by Crippen LogP contribution is -2.35. The third kappa shape index (κ3) is 6.75. The zero-order chi connectivity index (χ0) is 20.5. The Morgan fingerprint density at radius 2 is 1.93 bits per heavy atom. The van der Waals surface area contributed by atoms with Crippen molar-refractivity contribution < 1.29 is 24.2 Å². The van der Waals surface area contributed by atoms with Gasteiger partial charge < -0.3 is 14.6 Å². The molecule has 0 bridgehead atoms. The molecule has 2 N–H and O–H groups in total. The smallest absolute Gasteiger partial charge is 0.341 e. The van der Waals surface area contributed by atoms with Gasteiger partial charge in [-0.1, -0.05) is 30.1 Å². The van der Waals surface area contributed by atoms with Gasteiger partial charge in [0.1, 0.15) is 11.5 Å². The standard InChI is InChI=1S/C19H18Cl2N2O5/c1-2-16(28-17-8-5-13(20)9-15(17)21)19(26)23-22-10-12-3-6-14(7-4-12)27-11-18(24)25/h3-10,16H,2,11H2,1H3,(H,23,26)(H,24,25). The van der Waals surface area contributed by atoms with Crippen molar-refractivity contribution in [2.75, 3.05) is 6.61 Å². The number of carboxylic acid groups (broad SMARTS) is 1. The number of amides is 1. The maximum Gasteiger partial charge on any atom is 0.341 e. The van der Waals surface area contributed by atoms with Crippen molar-refractivity contribution in [2.24, 2.45) is 5.10 Å². The number of carboxylic acids is 1. The first kappa shape index (κ1) is 21.5. The Balaban J connectivity index is 1.90. The Kier molecular flexibility index (Phi) is 8.10. The van der Waals surface area contributed by atoms with E-state index in [0.717, 1.165) is 0 Å². The minimum atomic E-state index is -1.05. The Morgan fingerprint density at radius 1 is 1.21 bits per heavy atom. The number of nitrogens with zero attached hydrogens (tertiary/aromatic N) is 1. The van der Waals surface area contributed by atoms with E-state index >= 15 is 0 Å². The molecule has 1 amide bonds. The minimum Gasteiger partial charge on any atom is -0.482 e. The van der Waals surface area contributed by atoms with Crippen LogP contribution < -0.4 is 14.9 Å². The number of hydrogen-bond acceptors (Lipinski definition) is 5. The lowest BCUT2D eigenvalue weighted by atomic mass is 10.2. The average molecular weight is 425 g/mol. The van der Waals surface area contributed by atoms with Crippen LogP contribution in [0.15, 0.2) is 47.6 Å². The van der Waals surface area contributed by atoms with Gasteiger partial charge in [-0.3, -0.25) is 4.79 Å². The second kappa shape index (κ2) is 10.5. The summed E-state index contributed by atoms with van der Waals surface area (Å²) in [5.41, 5.74) is 3.11. The van der Waals surface area contributed by atoms with Crippen LogP contribution in [0.1, 0.15) is 18.9 Å². The van der Waals surface area contributed by atoms with Gasteiger partial charge in [0.25, 0.3) is 5.91 Å². The fraction of sp³-hybridized carbons (Fsp3) is 0.211. The summed E-state index contributed by atoms with van der Waals surface area (Å²) in [5.74, 6) is -0.705. The Morgan fingerprint density at radius 3 is 2.54 bits per heavy atom. The van der Waals surface area contributed by atoms with E-state index in [0.29, 0.717) is 33.5 Å². The Bertz CT molecular complexity index is 856. The number of hydrogen-bond donors (Lipinski definition) is 2. The number of carbonyl (C=O) groups is 2. The second-order valence-corrected chi connectivity index (χ2v) is 6.42. The Labute approximate surface area is 171 Å². The normalized spacial score (nSPS) is 11.8. The monoisotopic (exact) mass is 424 g/mol. The third-order valence-corrected chi connectivity index (χ3v) is 3.99. The van der Waals surface area contributed by atoms with Crippen LogP contribution in [-0.2, 0) is 9.59 Å². The van der Waals surface area contributed by atoms with Crippen LogP contribution in [0.2, 0.25) is 10.0 Å². The van der Waals surface area contributed by atoms with E-state index in [-0.39, 0.29) is 0 Å². The van der Waals surface area contributed by atoms with Crippen LogP contribution in [0, 0.1) is 0 Å². The molecule has 0 spiro atoms. The lowest BCUT2D eigenvalue weighted by molar-refractivity contribution is -0.139. The molecule has 0 heterocycles. The summed E-state index contributed by atoms with van der Waals surface area (Å²) >= 11 is 11.9. The minimum absolute atomic E-state index is 0.312. The van der Waals surface area contributed by atoms with Gasteiger partial charge in [0.15, 0.2) is 12.7 Å². The highest BCUT2D eigenvalue weighted by Crippen LogP contribution is 2.28. The zero-order valence-electron chi connectivity index (χ0n) is 14.9. The van der Waals surface area contributed by atoms with E-state index in [1.54, 1.807) is 43.3 Å². The van der Waals surface area contributed by atoms with E-state index in [2.05, 4.69) is 10.5 Å². The van der Waals surface area contributed by atoms with Crippen molar-refractivity contribution in [3.8, 4) is 11.5 Å². The quantitative estimate of drug-likeness (QED) is 0.471. The number of rotatable bonds is 9. The molecule has 0 saturated heterocycles. The molecule has 2 aromatic rings. The number of benzene rings is 2. The van der Waals surface area contributed by atoms with E-state index < -0.39 is 24.6 Å². The van der Waals surface area contributed by atoms with Gasteiger partial charge in [0.2, 0.25) is 0 Å². The lowest BCUT2D eigenvalue weighted by Gasteiger charge is -2.16. The van der Waals surface area contributed by atoms with Crippen molar-refractivity contribution in [3.05, 3.63) is 58.1 Å². The maximum atomic E-state index is 12.3. The highest BCUT2D eigenvalue weighted by atomic mass is 35.5. The molecule has 0 aromatic heterocycles. The predicted octanol–water partition coefficient (Wildman–Crippen LogP) is 3.76. The SMILES string of the molecule is CCC(Oc1ccc(Cl)cc1Cl)C(=O)NN=Cc1ccc(OCC(=O)O)cc1. The first-order valence-corrected chi connectivity index (χ1v) is 9.04. The number of nitrogens with one attached hydrogen (secondary N) is 1. The van der Waals surface area contributed by atoms with Gasteiger partial charge in [0.05, 0.1) is 11.2 Å². The van der Waals surface area contributed by atoms with Crippen molar-refractivity contribution >= 4 is 41.3 Å². The molecule has 0 aliphatic heterocycles. The summed E-state index contributed by atoms with van der Waals surface area (Å²) in [7, 11) is 0. The molecule has 0 aliphatic rings. The number of hydrazone groups is 1.